The van der Waals surface area contributed by atoms with Crippen LogP contribution >= 0.6 is 0 Å². The van der Waals surface area contributed by atoms with E-state index in [0.29, 0.717) is 0 Å². The van der Waals surface area contributed by atoms with Crippen LogP contribution in [0.2, 0.25) is 0 Å². The van der Waals surface area contributed by atoms with Gasteiger partial charge in [-0.15, -0.1) is 0 Å². The molecule has 0 atom stereocenters. The van der Waals surface area contributed by atoms with Crippen LogP contribution in [0, 0.1) is 5.95 Å². The molecule has 4 nitrogen and oxygen atoms in total. The topological polar surface area (TPSA) is 45.6 Å². The van der Waals surface area contributed by atoms with E-state index in [-0.39, 0.29) is 5.75 Å². The highest BCUT2D eigenvalue weighted by Crippen LogP contribution is 2.25. The van der Waals surface area contributed by atoms with Crippen molar-refractivity contribution < 1.29 is 14.1 Å². The average Bonchev–Trinajstić information content (AvgIpc) is 2.59. The summed E-state index contributed by atoms with van der Waals surface area (Å²) in [7, 11) is -0.573. The minimum Gasteiger partial charge on any atom is -0.536 e. The first kappa shape index (κ1) is 16.0. The summed E-state index contributed by atoms with van der Waals surface area (Å²) in [5.74, 6) is -0.757. The number of rotatable bonds is 5. The first-order chi connectivity index (χ1) is 11.3. The maximum Gasteiger partial charge on any atom is 0.504 e. The molecule has 2 heterocycles. The van der Waals surface area contributed by atoms with Crippen LogP contribution in [0.3, 0.4) is 0 Å². The largest absolute Gasteiger partial charge is 0.536 e. The Morgan fingerprint density at radius 3 is 2.57 bits per heavy atom. The van der Waals surface area contributed by atoms with E-state index in [1.54, 1.807) is 6.07 Å². The number of halogens is 1. The lowest BCUT2D eigenvalue weighted by molar-refractivity contribution is 0.221. The normalized spacial score (nSPS) is 15.4. The average molecular weight is 314 g/mol. The highest BCUT2D eigenvalue weighted by Gasteiger charge is 2.11. The van der Waals surface area contributed by atoms with Gasteiger partial charge in [0, 0.05) is 18.3 Å². The Morgan fingerprint density at radius 2 is 1.87 bits per heavy atom. The molecule has 0 spiro atoms. The fraction of sp³-hybridized carbons (Fsp3) is 0.353. The molecule has 1 aliphatic heterocycles. The van der Waals surface area contributed by atoms with Crippen LogP contribution in [0.5, 0.6) is 5.75 Å². The summed E-state index contributed by atoms with van der Waals surface area (Å²) in [6.07, 6.45) is 5.38. The van der Waals surface area contributed by atoms with Gasteiger partial charge in [0.1, 0.15) is 0 Å². The van der Waals surface area contributed by atoms with Gasteiger partial charge in [0.15, 0.2) is 5.75 Å². The standard InChI is InChI=1S/C17H20BFN2O2/c19-17-16(23-18-22)10-15(11-20-17)14-6-4-13(5-7-14)12-21-8-2-1-3-9-21/h4-7,10-11,18,22H,1-3,8-9,12H2. The van der Waals surface area contributed by atoms with Gasteiger partial charge in [-0.1, -0.05) is 30.7 Å². The van der Waals surface area contributed by atoms with Crippen molar-refractivity contribution in [3.05, 3.63) is 48.0 Å². The summed E-state index contributed by atoms with van der Waals surface area (Å²) in [4.78, 5) is 6.16. The van der Waals surface area contributed by atoms with Crippen LogP contribution in [0.1, 0.15) is 24.8 Å². The molecular weight excluding hydrogens is 294 g/mol. The van der Waals surface area contributed by atoms with Gasteiger partial charge in [0.2, 0.25) is 0 Å². The Kier molecular flexibility index (Phi) is 5.25. The predicted molar refractivity (Wildman–Crippen MR) is 88.8 cm³/mol. The monoisotopic (exact) mass is 314 g/mol. The molecule has 1 saturated heterocycles. The molecule has 3 rings (SSSR count). The Labute approximate surface area is 136 Å². The van der Waals surface area contributed by atoms with Crippen LogP contribution in [0.4, 0.5) is 4.39 Å². The van der Waals surface area contributed by atoms with Crippen molar-refractivity contribution in [3.63, 3.8) is 0 Å². The lowest BCUT2D eigenvalue weighted by Crippen LogP contribution is -2.28. The number of benzene rings is 1. The highest BCUT2D eigenvalue weighted by molar-refractivity contribution is 6.17. The molecule has 0 bridgehead atoms. The van der Waals surface area contributed by atoms with Crippen molar-refractivity contribution in [3.8, 4) is 16.9 Å². The van der Waals surface area contributed by atoms with Crippen LogP contribution in [0.15, 0.2) is 36.5 Å². The molecule has 23 heavy (non-hydrogen) atoms. The van der Waals surface area contributed by atoms with Crippen molar-refractivity contribution in [1.29, 1.82) is 0 Å². The minimum atomic E-state index is -0.718. The van der Waals surface area contributed by atoms with E-state index in [9.17, 15) is 4.39 Å². The van der Waals surface area contributed by atoms with Gasteiger partial charge in [-0.2, -0.15) is 4.39 Å². The second-order valence-corrected chi connectivity index (χ2v) is 5.82. The number of nitrogens with zero attached hydrogens (tertiary/aromatic N) is 2. The number of hydrogen-bond acceptors (Lipinski definition) is 4. The molecule has 1 aliphatic rings. The maximum absolute atomic E-state index is 13.4. The molecule has 0 amide bonds. The quantitative estimate of drug-likeness (QED) is 0.680. The SMILES string of the molecule is OBOc1cc(-c2ccc(CN3CCCCC3)cc2)cnc1F. The van der Waals surface area contributed by atoms with E-state index in [1.807, 2.05) is 12.1 Å². The maximum atomic E-state index is 13.4. The molecular formula is C17H20BFN2O2. The van der Waals surface area contributed by atoms with Crippen molar-refractivity contribution in [2.75, 3.05) is 13.1 Å². The second-order valence-electron chi connectivity index (χ2n) is 5.82. The molecule has 2 aromatic rings. The number of pyridine rings is 1. The minimum absolute atomic E-state index is 0.0395. The van der Waals surface area contributed by atoms with E-state index < -0.39 is 13.6 Å². The highest BCUT2D eigenvalue weighted by atomic mass is 19.1. The first-order valence-corrected chi connectivity index (χ1v) is 7.97. The number of likely N-dealkylation sites (tertiary alicyclic amines) is 1. The van der Waals surface area contributed by atoms with Crippen molar-refractivity contribution in [2.24, 2.45) is 0 Å². The summed E-state index contributed by atoms with van der Waals surface area (Å²) in [5, 5.41) is 8.78. The molecule has 1 aromatic carbocycles. The predicted octanol–water partition coefficient (Wildman–Crippen LogP) is 2.51. The smallest absolute Gasteiger partial charge is 0.504 e. The molecule has 120 valence electrons. The van der Waals surface area contributed by atoms with Gasteiger partial charge in [0.25, 0.3) is 5.95 Å². The van der Waals surface area contributed by atoms with Gasteiger partial charge >= 0.3 is 7.69 Å². The molecule has 0 radical (unpaired) electrons. The first-order valence-electron chi connectivity index (χ1n) is 7.97. The van der Waals surface area contributed by atoms with E-state index >= 15 is 0 Å². The van der Waals surface area contributed by atoms with Crippen LogP contribution in [-0.4, -0.2) is 35.7 Å². The molecule has 6 heteroatoms. The van der Waals surface area contributed by atoms with E-state index in [2.05, 4.69) is 22.0 Å². The zero-order valence-electron chi connectivity index (χ0n) is 13.0. The van der Waals surface area contributed by atoms with Gasteiger partial charge in [-0.3, -0.25) is 4.90 Å². The van der Waals surface area contributed by atoms with Gasteiger partial charge in [-0.05, 0) is 43.1 Å². The van der Waals surface area contributed by atoms with Gasteiger partial charge in [0.05, 0.1) is 0 Å². The fourth-order valence-corrected chi connectivity index (χ4v) is 2.93. The van der Waals surface area contributed by atoms with Gasteiger partial charge < -0.3 is 9.68 Å². The second kappa shape index (κ2) is 7.57. The summed E-state index contributed by atoms with van der Waals surface area (Å²) < 4.78 is 18.3. The van der Waals surface area contributed by atoms with Crippen molar-refractivity contribution in [1.82, 2.24) is 9.88 Å². The Bertz CT molecular complexity index is 646. The molecule has 1 fully saturated rings. The third-order valence-corrected chi connectivity index (χ3v) is 4.17. The van der Waals surface area contributed by atoms with Crippen LogP contribution < -0.4 is 4.65 Å². The Hall–Kier alpha value is -1.92. The summed E-state index contributed by atoms with van der Waals surface area (Å²) in [6, 6.07) is 9.77. The molecule has 0 unspecified atom stereocenters. The number of aromatic nitrogens is 1. The Balaban J connectivity index is 1.72. The third-order valence-electron chi connectivity index (χ3n) is 4.17. The lowest BCUT2D eigenvalue weighted by Gasteiger charge is -2.26. The number of piperidine rings is 1. The van der Waals surface area contributed by atoms with Crippen LogP contribution in [0.25, 0.3) is 11.1 Å². The molecule has 1 N–H and O–H groups in total. The number of hydrogen-bond donors (Lipinski definition) is 1. The van der Waals surface area contributed by atoms with Crippen molar-refractivity contribution in [2.45, 2.75) is 25.8 Å². The zero-order chi connectivity index (χ0) is 16.1. The summed E-state index contributed by atoms with van der Waals surface area (Å²) in [6.45, 7) is 3.32. The fourth-order valence-electron chi connectivity index (χ4n) is 2.93. The Morgan fingerprint density at radius 1 is 1.13 bits per heavy atom. The summed E-state index contributed by atoms with van der Waals surface area (Å²) in [5.41, 5.74) is 2.99. The van der Waals surface area contributed by atoms with Gasteiger partial charge in [-0.25, -0.2) is 4.98 Å². The van der Waals surface area contributed by atoms with E-state index in [1.165, 1.54) is 44.1 Å². The zero-order valence-corrected chi connectivity index (χ0v) is 13.0. The van der Waals surface area contributed by atoms with E-state index in [0.717, 1.165) is 17.7 Å². The summed E-state index contributed by atoms with van der Waals surface area (Å²) >= 11 is 0. The molecule has 1 aromatic heterocycles. The van der Waals surface area contributed by atoms with E-state index in [4.69, 9.17) is 9.68 Å². The molecule has 0 aliphatic carbocycles. The lowest BCUT2D eigenvalue weighted by atomic mass is 10.0. The van der Waals surface area contributed by atoms with Crippen LogP contribution in [-0.2, 0) is 6.54 Å². The van der Waals surface area contributed by atoms with Crippen molar-refractivity contribution >= 4 is 7.69 Å². The molecule has 0 saturated carbocycles. The third kappa shape index (κ3) is 4.09.